The Morgan fingerprint density at radius 1 is 1.14 bits per heavy atom. The van der Waals surface area contributed by atoms with Crippen molar-refractivity contribution in [1.82, 2.24) is 14.8 Å². The van der Waals surface area contributed by atoms with E-state index in [1.165, 1.54) is 4.68 Å². The molecule has 0 bridgehead atoms. The summed E-state index contributed by atoms with van der Waals surface area (Å²) in [7, 11) is 3.14. The van der Waals surface area contributed by atoms with Crippen molar-refractivity contribution in [3.63, 3.8) is 0 Å². The van der Waals surface area contributed by atoms with E-state index in [2.05, 4.69) is 20.7 Å². The highest BCUT2D eigenvalue weighted by molar-refractivity contribution is 6.01. The summed E-state index contributed by atoms with van der Waals surface area (Å²) in [6.45, 7) is 0. The van der Waals surface area contributed by atoms with E-state index in [0.29, 0.717) is 23.2 Å². The summed E-state index contributed by atoms with van der Waals surface area (Å²) in [5, 5.41) is 9.86. The molecule has 0 unspecified atom stereocenters. The molecule has 2 aromatic carbocycles. The first kappa shape index (κ1) is 18.5. The van der Waals surface area contributed by atoms with Crippen LogP contribution < -0.4 is 20.1 Å². The van der Waals surface area contributed by atoms with Gasteiger partial charge in [-0.25, -0.2) is 4.68 Å². The Balaban J connectivity index is 1.50. The highest BCUT2D eigenvalue weighted by Crippen LogP contribution is 2.29. The third-order valence-corrected chi connectivity index (χ3v) is 4.54. The zero-order valence-corrected chi connectivity index (χ0v) is 15.9. The van der Waals surface area contributed by atoms with Crippen molar-refractivity contribution in [2.24, 2.45) is 0 Å². The van der Waals surface area contributed by atoms with Crippen LogP contribution in [0, 0.1) is 0 Å². The van der Waals surface area contributed by atoms with Crippen LogP contribution in [0.2, 0.25) is 0 Å². The first-order chi connectivity index (χ1) is 14.1. The first-order valence-electron chi connectivity index (χ1n) is 8.93. The minimum absolute atomic E-state index is 0.0680. The summed E-state index contributed by atoms with van der Waals surface area (Å²) in [5.41, 5.74) is 1.37. The summed E-state index contributed by atoms with van der Waals surface area (Å²) in [4.78, 5) is 29.1. The molecular formula is C20H19N5O4. The SMILES string of the molecule is COc1ccc(-c2nc3n(n2)[C@@H](CC(=O)Nc2cccc(OC)c2)C(=O)N3)cc1. The number of aromatic nitrogens is 3. The molecule has 0 saturated carbocycles. The summed E-state index contributed by atoms with van der Waals surface area (Å²) in [5.74, 6) is 1.50. The molecule has 3 aromatic rings. The third kappa shape index (κ3) is 3.75. The number of carbonyl (C=O) groups excluding carboxylic acids is 2. The molecule has 1 aliphatic heterocycles. The topological polar surface area (TPSA) is 107 Å². The molecule has 29 heavy (non-hydrogen) atoms. The van der Waals surface area contributed by atoms with Gasteiger partial charge in [-0.15, -0.1) is 5.10 Å². The van der Waals surface area contributed by atoms with Crippen LogP contribution in [0.3, 0.4) is 0 Å². The maximum atomic E-state index is 12.5. The number of fused-ring (bicyclic) bond motifs is 1. The fraction of sp³-hybridized carbons (Fsp3) is 0.200. The smallest absolute Gasteiger partial charge is 0.252 e. The van der Waals surface area contributed by atoms with Crippen LogP contribution in [-0.2, 0) is 9.59 Å². The van der Waals surface area contributed by atoms with Crippen LogP contribution >= 0.6 is 0 Å². The second kappa shape index (κ2) is 7.63. The number of ether oxygens (including phenoxy) is 2. The Morgan fingerprint density at radius 3 is 2.62 bits per heavy atom. The number of methoxy groups -OCH3 is 2. The molecule has 2 amide bonds. The number of anilines is 2. The van der Waals surface area contributed by atoms with Crippen LogP contribution in [0.5, 0.6) is 11.5 Å². The van der Waals surface area contributed by atoms with Gasteiger partial charge in [-0.05, 0) is 36.4 Å². The third-order valence-electron chi connectivity index (χ3n) is 4.54. The van der Waals surface area contributed by atoms with Gasteiger partial charge in [0.2, 0.25) is 11.9 Å². The second-order valence-electron chi connectivity index (χ2n) is 6.42. The van der Waals surface area contributed by atoms with E-state index in [9.17, 15) is 9.59 Å². The lowest BCUT2D eigenvalue weighted by Crippen LogP contribution is -2.23. The van der Waals surface area contributed by atoms with Gasteiger partial charge in [0.05, 0.1) is 20.6 Å². The summed E-state index contributed by atoms with van der Waals surface area (Å²) in [6, 6.07) is 13.5. The van der Waals surface area contributed by atoms with Gasteiger partial charge in [0, 0.05) is 17.3 Å². The molecule has 0 aliphatic carbocycles. The average molecular weight is 393 g/mol. The van der Waals surface area contributed by atoms with Crippen LogP contribution in [0.4, 0.5) is 11.6 Å². The van der Waals surface area contributed by atoms with Crippen molar-refractivity contribution >= 4 is 23.5 Å². The molecule has 0 fully saturated rings. The normalized spacial score (nSPS) is 14.8. The minimum atomic E-state index is -0.768. The Morgan fingerprint density at radius 2 is 1.90 bits per heavy atom. The number of carbonyl (C=O) groups is 2. The number of nitrogens with one attached hydrogen (secondary N) is 2. The molecule has 9 nitrogen and oxygen atoms in total. The van der Waals surface area contributed by atoms with E-state index in [1.807, 2.05) is 12.1 Å². The fourth-order valence-corrected chi connectivity index (χ4v) is 3.06. The lowest BCUT2D eigenvalue weighted by molar-refractivity contribution is -0.123. The molecule has 1 atom stereocenters. The van der Waals surface area contributed by atoms with Gasteiger partial charge in [-0.3, -0.25) is 14.9 Å². The zero-order valence-electron chi connectivity index (χ0n) is 15.9. The number of nitrogens with zero attached hydrogens (tertiary/aromatic N) is 3. The van der Waals surface area contributed by atoms with E-state index in [0.717, 1.165) is 11.3 Å². The van der Waals surface area contributed by atoms with Gasteiger partial charge in [-0.2, -0.15) is 4.98 Å². The number of hydrogen-bond acceptors (Lipinski definition) is 6. The van der Waals surface area contributed by atoms with Crippen LogP contribution in [-0.4, -0.2) is 40.8 Å². The lowest BCUT2D eigenvalue weighted by Gasteiger charge is -2.10. The largest absolute Gasteiger partial charge is 0.497 e. The van der Waals surface area contributed by atoms with Gasteiger partial charge in [0.25, 0.3) is 5.91 Å². The molecular weight excluding hydrogens is 374 g/mol. The quantitative estimate of drug-likeness (QED) is 0.666. The maximum Gasteiger partial charge on any atom is 0.252 e. The highest BCUT2D eigenvalue weighted by atomic mass is 16.5. The summed E-state index contributed by atoms with van der Waals surface area (Å²) < 4.78 is 11.7. The van der Waals surface area contributed by atoms with E-state index < -0.39 is 6.04 Å². The Labute approximate surface area is 166 Å². The van der Waals surface area contributed by atoms with E-state index >= 15 is 0 Å². The van der Waals surface area contributed by atoms with E-state index in [1.54, 1.807) is 50.6 Å². The summed E-state index contributed by atoms with van der Waals surface area (Å²) >= 11 is 0. The van der Waals surface area contributed by atoms with Gasteiger partial charge in [0.1, 0.15) is 17.5 Å². The maximum absolute atomic E-state index is 12.5. The molecule has 2 heterocycles. The molecule has 0 radical (unpaired) electrons. The average Bonchev–Trinajstić information content (AvgIpc) is 3.26. The second-order valence-corrected chi connectivity index (χ2v) is 6.42. The molecule has 9 heteroatoms. The van der Waals surface area contributed by atoms with Crippen molar-refractivity contribution in [2.75, 3.05) is 24.9 Å². The van der Waals surface area contributed by atoms with E-state index in [4.69, 9.17) is 9.47 Å². The Kier molecular flexibility index (Phi) is 4.86. The van der Waals surface area contributed by atoms with Crippen molar-refractivity contribution < 1.29 is 19.1 Å². The molecule has 4 rings (SSSR count). The molecule has 0 spiro atoms. The minimum Gasteiger partial charge on any atom is -0.497 e. The molecule has 148 valence electrons. The van der Waals surface area contributed by atoms with Crippen molar-refractivity contribution in [2.45, 2.75) is 12.5 Å². The monoisotopic (exact) mass is 393 g/mol. The van der Waals surface area contributed by atoms with Gasteiger partial charge in [-0.1, -0.05) is 6.07 Å². The number of hydrogen-bond donors (Lipinski definition) is 2. The van der Waals surface area contributed by atoms with Crippen LogP contribution in [0.25, 0.3) is 11.4 Å². The number of benzene rings is 2. The first-order valence-corrected chi connectivity index (χ1v) is 8.93. The molecule has 1 aliphatic rings. The molecule has 0 saturated heterocycles. The van der Waals surface area contributed by atoms with Crippen LogP contribution in [0.15, 0.2) is 48.5 Å². The lowest BCUT2D eigenvalue weighted by atomic mass is 10.2. The molecule has 2 N–H and O–H groups in total. The Hall–Kier alpha value is -3.88. The van der Waals surface area contributed by atoms with Crippen molar-refractivity contribution in [3.8, 4) is 22.9 Å². The predicted molar refractivity (Wildman–Crippen MR) is 106 cm³/mol. The summed E-state index contributed by atoms with van der Waals surface area (Å²) in [6.07, 6.45) is -0.0680. The van der Waals surface area contributed by atoms with Gasteiger partial charge < -0.3 is 14.8 Å². The van der Waals surface area contributed by atoms with Gasteiger partial charge in [0.15, 0.2) is 5.82 Å². The standard InChI is InChI=1S/C20H19N5O4/c1-28-14-8-6-12(7-9-14)18-22-20-23-19(27)16(25(20)24-18)11-17(26)21-13-4-3-5-15(10-13)29-2/h3-10,16H,11H2,1-2H3,(H,21,26)(H,22,23,24,27)/t16-/m0/s1. The zero-order chi connectivity index (χ0) is 20.4. The fourth-order valence-electron chi connectivity index (χ4n) is 3.06. The van der Waals surface area contributed by atoms with Crippen LogP contribution in [0.1, 0.15) is 12.5 Å². The number of rotatable bonds is 6. The Bertz CT molecular complexity index is 1060. The van der Waals surface area contributed by atoms with Crippen molar-refractivity contribution in [1.29, 1.82) is 0 Å². The van der Waals surface area contributed by atoms with Gasteiger partial charge >= 0.3 is 0 Å². The van der Waals surface area contributed by atoms with Crippen molar-refractivity contribution in [3.05, 3.63) is 48.5 Å². The predicted octanol–water partition coefficient (Wildman–Crippen LogP) is 2.48. The molecule has 1 aromatic heterocycles. The highest BCUT2D eigenvalue weighted by Gasteiger charge is 2.35. The number of amides is 2. The van der Waals surface area contributed by atoms with E-state index in [-0.39, 0.29) is 18.2 Å².